The van der Waals surface area contributed by atoms with Crippen molar-refractivity contribution in [1.29, 1.82) is 0 Å². The molecular formula is C18H21NO4. The molecule has 0 aliphatic rings. The van der Waals surface area contributed by atoms with E-state index in [4.69, 9.17) is 9.47 Å². The van der Waals surface area contributed by atoms with Crippen LogP contribution >= 0.6 is 0 Å². The first-order valence-electron chi connectivity index (χ1n) is 7.36. The van der Waals surface area contributed by atoms with E-state index in [1.807, 2.05) is 32.0 Å². The Balaban J connectivity index is 2.21. The molecule has 122 valence electrons. The number of carbonyl (C=O) groups excluding carboxylic acids is 2. The van der Waals surface area contributed by atoms with Crippen LogP contribution in [-0.4, -0.2) is 30.5 Å². The smallest absolute Gasteiger partial charge is 0.339 e. The van der Waals surface area contributed by atoms with Crippen molar-refractivity contribution < 1.29 is 19.1 Å². The molecule has 0 spiro atoms. The molecule has 0 fully saturated rings. The van der Waals surface area contributed by atoms with E-state index in [-0.39, 0.29) is 12.4 Å². The van der Waals surface area contributed by atoms with Gasteiger partial charge in [0.05, 0.1) is 18.4 Å². The lowest BCUT2D eigenvalue weighted by atomic mass is 10.1. The Bertz CT molecular complexity index is 738. The summed E-state index contributed by atoms with van der Waals surface area (Å²) in [6.07, 6.45) is 0. The number of methoxy groups -OCH3 is 1. The van der Waals surface area contributed by atoms with Crippen LogP contribution in [0.3, 0.4) is 0 Å². The number of esters is 1. The zero-order valence-corrected chi connectivity index (χ0v) is 14.1. The van der Waals surface area contributed by atoms with Gasteiger partial charge in [-0.05, 0) is 44.4 Å². The monoisotopic (exact) mass is 315 g/mol. The Morgan fingerprint density at radius 2 is 1.70 bits per heavy atom. The van der Waals surface area contributed by atoms with E-state index < -0.39 is 5.97 Å². The Labute approximate surface area is 135 Å². The van der Waals surface area contributed by atoms with Crippen LogP contribution in [0.4, 0.5) is 0 Å². The van der Waals surface area contributed by atoms with Crippen LogP contribution in [0, 0.1) is 27.7 Å². The minimum Gasteiger partial charge on any atom is -0.485 e. The first-order chi connectivity index (χ1) is 10.9. The van der Waals surface area contributed by atoms with E-state index in [2.05, 4.69) is 4.98 Å². The Hall–Kier alpha value is -2.56. The fourth-order valence-corrected chi connectivity index (χ4v) is 2.67. The predicted octanol–water partition coefficient (Wildman–Crippen LogP) is 3.30. The molecule has 1 N–H and O–H groups in total. The van der Waals surface area contributed by atoms with Crippen molar-refractivity contribution in [3.05, 3.63) is 51.8 Å². The zero-order valence-electron chi connectivity index (χ0n) is 14.1. The minimum atomic E-state index is -0.453. The highest BCUT2D eigenvalue weighted by Gasteiger charge is 2.22. The molecule has 0 bridgehead atoms. The van der Waals surface area contributed by atoms with Gasteiger partial charge in [-0.25, -0.2) is 4.79 Å². The van der Waals surface area contributed by atoms with Gasteiger partial charge in [-0.1, -0.05) is 18.2 Å². The molecule has 0 radical (unpaired) electrons. The fourth-order valence-electron chi connectivity index (χ4n) is 2.67. The third-order valence-electron chi connectivity index (χ3n) is 3.86. The number of ether oxygens (including phenoxy) is 2. The number of aryl methyl sites for hydroxylation is 3. The van der Waals surface area contributed by atoms with Crippen molar-refractivity contribution in [2.24, 2.45) is 0 Å². The minimum absolute atomic E-state index is 0.0902. The van der Waals surface area contributed by atoms with Gasteiger partial charge in [-0.2, -0.15) is 0 Å². The van der Waals surface area contributed by atoms with Gasteiger partial charge < -0.3 is 14.5 Å². The average molecular weight is 315 g/mol. The molecule has 0 amide bonds. The number of aromatic amines is 1. The number of ketones is 1. The number of carbonyl (C=O) groups is 2. The van der Waals surface area contributed by atoms with E-state index in [9.17, 15) is 9.59 Å². The van der Waals surface area contributed by atoms with Crippen LogP contribution in [0.2, 0.25) is 0 Å². The lowest BCUT2D eigenvalue weighted by Gasteiger charge is -2.11. The van der Waals surface area contributed by atoms with Gasteiger partial charge in [0.25, 0.3) is 0 Å². The number of nitrogens with one attached hydrogen (secondary N) is 1. The second-order valence-corrected chi connectivity index (χ2v) is 5.55. The van der Waals surface area contributed by atoms with Crippen molar-refractivity contribution >= 4 is 11.8 Å². The van der Waals surface area contributed by atoms with E-state index in [0.29, 0.717) is 22.5 Å². The number of hydrogen-bond donors (Lipinski definition) is 1. The third kappa shape index (κ3) is 3.28. The SMILES string of the molecule is COC(=O)c1c(C)[nH]c(C(=O)COc2c(C)cccc2C)c1C. The first kappa shape index (κ1) is 16.8. The topological polar surface area (TPSA) is 68.4 Å². The molecule has 1 heterocycles. The van der Waals surface area contributed by atoms with E-state index >= 15 is 0 Å². The lowest BCUT2D eigenvalue weighted by Crippen LogP contribution is -2.14. The number of benzene rings is 1. The summed E-state index contributed by atoms with van der Waals surface area (Å²) in [5.41, 5.74) is 3.95. The van der Waals surface area contributed by atoms with E-state index in [0.717, 1.165) is 16.9 Å². The van der Waals surface area contributed by atoms with Crippen LogP contribution in [0.15, 0.2) is 18.2 Å². The Morgan fingerprint density at radius 3 is 2.26 bits per heavy atom. The largest absolute Gasteiger partial charge is 0.485 e. The lowest BCUT2D eigenvalue weighted by molar-refractivity contribution is 0.0599. The molecule has 0 aliphatic carbocycles. The quantitative estimate of drug-likeness (QED) is 0.679. The number of para-hydroxylation sites is 1. The van der Waals surface area contributed by atoms with Crippen molar-refractivity contribution in [3.63, 3.8) is 0 Å². The van der Waals surface area contributed by atoms with Gasteiger partial charge in [-0.3, -0.25) is 4.79 Å². The van der Waals surface area contributed by atoms with Crippen LogP contribution < -0.4 is 4.74 Å². The highest BCUT2D eigenvalue weighted by atomic mass is 16.5. The first-order valence-corrected chi connectivity index (χ1v) is 7.36. The van der Waals surface area contributed by atoms with Crippen molar-refractivity contribution in [2.75, 3.05) is 13.7 Å². The predicted molar refractivity (Wildman–Crippen MR) is 87.3 cm³/mol. The summed E-state index contributed by atoms with van der Waals surface area (Å²) < 4.78 is 10.4. The summed E-state index contributed by atoms with van der Waals surface area (Å²) in [6.45, 7) is 7.25. The molecule has 23 heavy (non-hydrogen) atoms. The highest BCUT2D eigenvalue weighted by molar-refractivity contribution is 6.02. The Morgan fingerprint density at radius 1 is 1.09 bits per heavy atom. The van der Waals surface area contributed by atoms with Crippen molar-refractivity contribution in [3.8, 4) is 5.75 Å². The normalized spacial score (nSPS) is 10.5. The van der Waals surface area contributed by atoms with Gasteiger partial charge in [0, 0.05) is 5.69 Å². The number of Topliss-reactive ketones (excluding diaryl/α,β-unsaturated/α-hetero) is 1. The van der Waals surface area contributed by atoms with Gasteiger partial charge in [0.2, 0.25) is 5.78 Å². The molecule has 0 saturated heterocycles. The van der Waals surface area contributed by atoms with Crippen molar-refractivity contribution in [2.45, 2.75) is 27.7 Å². The standard InChI is InChI=1S/C18H21NO4/c1-10-7-6-8-11(2)17(10)23-9-14(20)16-12(3)15(13(4)19-16)18(21)22-5/h6-8,19H,9H2,1-5H3. The molecule has 1 aromatic carbocycles. The molecule has 2 rings (SSSR count). The summed E-state index contributed by atoms with van der Waals surface area (Å²) >= 11 is 0. The molecule has 0 unspecified atom stereocenters. The maximum absolute atomic E-state index is 12.4. The van der Waals surface area contributed by atoms with Crippen LogP contribution in [0.25, 0.3) is 0 Å². The second-order valence-electron chi connectivity index (χ2n) is 5.55. The number of rotatable bonds is 5. The second kappa shape index (κ2) is 6.69. The van der Waals surface area contributed by atoms with Gasteiger partial charge in [0.1, 0.15) is 5.75 Å². The molecule has 2 aromatic rings. The van der Waals surface area contributed by atoms with Crippen LogP contribution in [0.1, 0.15) is 43.2 Å². The molecule has 0 atom stereocenters. The van der Waals surface area contributed by atoms with E-state index in [1.54, 1.807) is 13.8 Å². The van der Waals surface area contributed by atoms with Gasteiger partial charge in [-0.15, -0.1) is 0 Å². The molecule has 1 aromatic heterocycles. The van der Waals surface area contributed by atoms with Gasteiger partial charge in [0.15, 0.2) is 6.61 Å². The zero-order chi connectivity index (χ0) is 17.1. The van der Waals surface area contributed by atoms with Gasteiger partial charge >= 0.3 is 5.97 Å². The number of H-pyrrole nitrogens is 1. The van der Waals surface area contributed by atoms with Crippen LogP contribution in [0.5, 0.6) is 5.75 Å². The summed E-state index contributed by atoms with van der Waals surface area (Å²) in [6, 6.07) is 5.82. The molecule has 0 aliphatic heterocycles. The highest BCUT2D eigenvalue weighted by Crippen LogP contribution is 2.23. The summed E-state index contributed by atoms with van der Waals surface area (Å²) in [5, 5.41) is 0. The maximum atomic E-state index is 12.4. The number of hydrogen-bond acceptors (Lipinski definition) is 4. The summed E-state index contributed by atoms with van der Waals surface area (Å²) in [5.74, 6) is 0.0596. The van der Waals surface area contributed by atoms with Crippen molar-refractivity contribution in [1.82, 2.24) is 4.98 Å². The Kier molecular flexibility index (Phi) is 4.89. The maximum Gasteiger partial charge on any atom is 0.339 e. The fraction of sp³-hybridized carbons (Fsp3) is 0.333. The molecular weight excluding hydrogens is 294 g/mol. The molecule has 5 heteroatoms. The average Bonchev–Trinajstić information content (AvgIpc) is 2.81. The van der Waals surface area contributed by atoms with E-state index in [1.165, 1.54) is 7.11 Å². The molecule has 0 saturated carbocycles. The summed E-state index contributed by atoms with van der Waals surface area (Å²) in [7, 11) is 1.32. The molecule has 5 nitrogen and oxygen atoms in total. The summed E-state index contributed by atoms with van der Waals surface area (Å²) in [4.78, 5) is 27.2. The number of aromatic nitrogens is 1. The third-order valence-corrected chi connectivity index (χ3v) is 3.86. The van der Waals surface area contributed by atoms with Crippen LogP contribution in [-0.2, 0) is 4.74 Å².